The van der Waals surface area contributed by atoms with E-state index in [1.165, 1.54) is 16.2 Å². The van der Waals surface area contributed by atoms with Crippen LogP contribution < -0.4 is 11.5 Å². The van der Waals surface area contributed by atoms with Gasteiger partial charge >= 0.3 is 0 Å². The molecular formula is C13H13N3OS2. The normalized spacial score (nSPS) is 10.2. The molecular weight excluding hydrogens is 278 g/mol. The Bertz CT molecular complexity index is 630. The van der Waals surface area contributed by atoms with E-state index in [0.29, 0.717) is 4.88 Å². The highest BCUT2D eigenvalue weighted by atomic mass is 32.2. The maximum absolute atomic E-state index is 11.7. The Morgan fingerprint density at radius 3 is 2.74 bits per heavy atom. The zero-order valence-corrected chi connectivity index (χ0v) is 11.9. The molecule has 4 N–H and O–H groups in total. The van der Waals surface area contributed by atoms with Crippen LogP contribution in [0.5, 0.6) is 0 Å². The number of aliphatic imine (C=N–C) groups is 1. The lowest BCUT2D eigenvalue weighted by Crippen LogP contribution is -2.24. The molecule has 19 heavy (non-hydrogen) atoms. The van der Waals surface area contributed by atoms with Crippen LogP contribution >= 0.6 is 23.1 Å². The Hall–Kier alpha value is -1.79. The van der Waals surface area contributed by atoms with Gasteiger partial charge in [0.25, 0.3) is 5.91 Å². The maximum Gasteiger partial charge on any atom is 0.290 e. The average Bonchev–Trinajstić information content (AvgIpc) is 2.88. The van der Waals surface area contributed by atoms with Gasteiger partial charge in [0.2, 0.25) is 0 Å². The minimum Gasteiger partial charge on any atom is -0.370 e. The number of thioether (sulfide) groups is 1. The Morgan fingerprint density at radius 2 is 2.05 bits per heavy atom. The smallest absolute Gasteiger partial charge is 0.290 e. The fourth-order valence-corrected chi connectivity index (χ4v) is 2.90. The third-order valence-electron chi connectivity index (χ3n) is 2.40. The summed E-state index contributed by atoms with van der Waals surface area (Å²) in [6.45, 7) is 0. The third-order valence-corrected chi connectivity index (χ3v) is 4.25. The minimum absolute atomic E-state index is 0.218. The van der Waals surface area contributed by atoms with Crippen LogP contribution in [0.4, 0.5) is 0 Å². The van der Waals surface area contributed by atoms with Gasteiger partial charge < -0.3 is 11.5 Å². The molecule has 1 heterocycles. The fraction of sp³-hybridized carbons (Fsp3) is 0.0769. The summed E-state index contributed by atoms with van der Waals surface area (Å²) < 4.78 is 0. The first kappa shape index (κ1) is 13.6. The van der Waals surface area contributed by atoms with Crippen LogP contribution in [0.25, 0.3) is 10.4 Å². The summed E-state index contributed by atoms with van der Waals surface area (Å²) in [4.78, 5) is 17.9. The summed E-state index contributed by atoms with van der Waals surface area (Å²) in [6.07, 6.45) is 2.03. The number of nitrogens with zero attached hydrogens (tertiary/aromatic N) is 1. The summed E-state index contributed by atoms with van der Waals surface area (Å²) in [5, 5.41) is 0. The van der Waals surface area contributed by atoms with Gasteiger partial charge in [-0.3, -0.25) is 4.79 Å². The van der Waals surface area contributed by atoms with Crippen molar-refractivity contribution >= 4 is 35.0 Å². The monoisotopic (exact) mass is 291 g/mol. The Balaban J connectivity index is 2.30. The number of carbonyl (C=O) groups is 1. The number of carbonyl (C=O) groups excluding carboxylic acids is 1. The predicted molar refractivity (Wildman–Crippen MR) is 81.7 cm³/mol. The van der Waals surface area contributed by atoms with Crippen molar-refractivity contribution in [2.75, 3.05) is 6.26 Å². The molecule has 1 aromatic carbocycles. The molecule has 0 fully saturated rings. The summed E-state index contributed by atoms with van der Waals surface area (Å²) >= 11 is 3.06. The summed E-state index contributed by atoms with van der Waals surface area (Å²) in [5.74, 6) is -0.624. The molecule has 1 amide bonds. The van der Waals surface area contributed by atoms with Gasteiger partial charge in [-0.15, -0.1) is 23.1 Å². The van der Waals surface area contributed by atoms with E-state index in [9.17, 15) is 4.79 Å². The van der Waals surface area contributed by atoms with Crippen molar-refractivity contribution in [1.82, 2.24) is 0 Å². The SMILES string of the molecule is CSc1cccc(-c2ccc(C(=O)N=C(N)N)s2)c1. The molecule has 2 aromatic rings. The van der Waals surface area contributed by atoms with E-state index in [0.717, 1.165) is 10.4 Å². The molecule has 0 aliphatic carbocycles. The standard InChI is InChI=1S/C13H13N3OS2/c1-18-9-4-2-3-8(7-9)10-5-6-11(19-10)12(17)16-13(14)15/h2-7H,1H3,(H4,14,15,16,17). The average molecular weight is 291 g/mol. The van der Waals surface area contributed by atoms with Crippen LogP contribution in [0.2, 0.25) is 0 Å². The van der Waals surface area contributed by atoms with Crippen molar-refractivity contribution in [1.29, 1.82) is 0 Å². The Labute approximate surface area is 119 Å². The van der Waals surface area contributed by atoms with Gasteiger partial charge in [-0.05, 0) is 36.1 Å². The summed E-state index contributed by atoms with van der Waals surface area (Å²) in [7, 11) is 0. The number of nitrogens with two attached hydrogens (primary N) is 2. The van der Waals surface area contributed by atoms with Crippen molar-refractivity contribution in [3.63, 3.8) is 0 Å². The lowest BCUT2D eigenvalue weighted by Gasteiger charge is -2.00. The molecule has 4 nitrogen and oxygen atoms in total. The quantitative estimate of drug-likeness (QED) is 0.517. The van der Waals surface area contributed by atoms with Crippen LogP contribution in [0.15, 0.2) is 46.3 Å². The summed E-state index contributed by atoms with van der Waals surface area (Å²) in [5.41, 5.74) is 11.5. The molecule has 0 aliphatic heterocycles. The zero-order chi connectivity index (χ0) is 13.8. The van der Waals surface area contributed by atoms with Gasteiger partial charge in [-0.25, -0.2) is 0 Å². The number of rotatable bonds is 3. The lowest BCUT2D eigenvalue weighted by atomic mass is 10.2. The molecule has 6 heteroatoms. The second kappa shape index (κ2) is 5.90. The van der Waals surface area contributed by atoms with Crippen LogP contribution in [0.3, 0.4) is 0 Å². The Kier molecular flexibility index (Phi) is 4.24. The van der Waals surface area contributed by atoms with E-state index in [4.69, 9.17) is 11.5 Å². The number of guanidine groups is 1. The number of hydrogen-bond acceptors (Lipinski definition) is 3. The predicted octanol–water partition coefficient (Wildman–Crippen LogP) is 2.55. The second-order valence-corrected chi connectivity index (χ2v) is 5.70. The van der Waals surface area contributed by atoms with Gasteiger partial charge in [0.05, 0.1) is 4.88 Å². The largest absolute Gasteiger partial charge is 0.370 e. The molecule has 0 spiro atoms. The fourth-order valence-electron chi connectivity index (χ4n) is 1.56. The Morgan fingerprint density at radius 1 is 1.26 bits per heavy atom. The first-order valence-corrected chi connectivity index (χ1v) is 7.52. The van der Waals surface area contributed by atoms with E-state index in [1.807, 2.05) is 30.5 Å². The molecule has 98 valence electrons. The maximum atomic E-state index is 11.7. The van der Waals surface area contributed by atoms with Gasteiger partial charge in [0.15, 0.2) is 5.96 Å². The van der Waals surface area contributed by atoms with Crippen LogP contribution in [0, 0.1) is 0 Å². The van der Waals surface area contributed by atoms with Crippen LogP contribution in [-0.2, 0) is 0 Å². The third kappa shape index (κ3) is 3.36. The van der Waals surface area contributed by atoms with Crippen molar-refractivity contribution in [2.45, 2.75) is 4.90 Å². The summed E-state index contributed by atoms with van der Waals surface area (Å²) in [6, 6.07) is 11.8. The van der Waals surface area contributed by atoms with Crippen LogP contribution in [0.1, 0.15) is 9.67 Å². The number of hydrogen-bond donors (Lipinski definition) is 2. The molecule has 0 saturated heterocycles. The highest BCUT2D eigenvalue weighted by Gasteiger charge is 2.10. The van der Waals surface area contributed by atoms with Crippen molar-refractivity contribution < 1.29 is 4.79 Å². The number of benzene rings is 1. The lowest BCUT2D eigenvalue weighted by molar-refractivity contribution is 0.101. The molecule has 0 aliphatic rings. The molecule has 0 unspecified atom stereocenters. The first-order valence-electron chi connectivity index (χ1n) is 5.48. The molecule has 0 atom stereocenters. The van der Waals surface area contributed by atoms with Gasteiger partial charge in [-0.1, -0.05) is 12.1 Å². The number of amides is 1. The topological polar surface area (TPSA) is 81.5 Å². The highest BCUT2D eigenvalue weighted by molar-refractivity contribution is 7.98. The highest BCUT2D eigenvalue weighted by Crippen LogP contribution is 2.30. The van der Waals surface area contributed by atoms with Crippen LogP contribution in [-0.4, -0.2) is 18.1 Å². The van der Waals surface area contributed by atoms with Gasteiger partial charge in [0, 0.05) is 9.77 Å². The molecule has 2 rings (SSSR count). The van der Waals surface area contributed by atoms with E-state index in [2.05, 4.69) is 11.1 Å². The molecule has 0 bridgehead atoms. The van der Waals surface area contributed by atoms with E-state index in [1.54, 1.807) is 17.8 Å². The van der Waals surface area contributed by atoms with Gasteiger partial charge in [0.1, 0.15) is 0 Å². The minimum atomic E-state index is -0.405. The number of thiophene rings is 1. The van der Waals surface area contributed by atoms with Gasteiger partial charge in [-0.2, -0.15) is 4.99 Å². The first-order chi connectivity index (χ1) is 9.10. The van der Waals surface area contributed by atoms with E-state index in [-0.39, 0.29) is 5.96 Å². The van der Waals surface area contributed by atoms with Crippen molar-refractivity contribution in [3.05, 3.63) is 41.3 Å². The molecule has 0 radical (unpaired) electrons. The van der Waals surface area contributed by atoms with E-state index < -0.39 is 5.91 Å². The molecule has 1 aromatic heterocycles. The van der Waals surface area contributed by atoms with Crippen molar-refractivity contribution in [3.8, 4) is 10.4 Å². The molecule has 0 saturated carbocycles. The zero-order valence-electron chi connectivity index (χ0n) is 10.3. The van der Waals surface area contributed by atoms with E-state index >= 15 is 0 Å². The second-order valence-electron chi connectivity index (χ2n) is 3.74. The van der Waals surface area contributed by atoms with Crippen molar-refractivity contribution in [2.24, 2.45) is 16.5 Å².